The minimum atomic E-state index is -0.803. The maximum Gasteiger partial charge on any atom is 0.158 e. The lowest BCUT2D eigenvalue weighted by atomic mass is 10.4. The van der Waals surface area contributed by atoms with Crippen LogP contribution in [0.3, 0.4) is 0 Å². The van der Waals surface area contributed by atoms with Crippen LogP contribution in [0.25, 0.3) is 0 Å². The number of nitrogens with one attached hydrogen (secondary N) is 2. The van der Waals surface area contributed by atoms with Crippen LogP contribution < -0.4 is 10.6 Å². The molecule has 18 heavy (non-hydrogen) atoms. The fourth-order valence-electron chi connectivity index (χ4n) is 1.38. The summed E-state index contributed by atoms with van der Waals surface area (Å²) in [7, 11) is 0.805. The first kappa shape index (κ1) is 14.8. The van der Waals surface area contributed by atoms with Gasteiger partial charge in [-0.1, -0.05) is 0 Å². The Labute approximate surface area is 110 Å². The molecule has 0 aromatic carbocycles. The van der Waals surface area contributed by atoms with Gasteiger partial charge in [-0.2, -0.15) is 0 Å². The first-order valence-corrected chi connectivity index (χ1v) is 7.53. The smallest absolute Gasteiger partial charge is 0.158 e. The number of ether oxygens (including phenoxy) is 1. The normalized spacial score (nSPS) is 12.2. The van der Waals surface area contributed by atoms with Crippen molar-refractivity contribution in [3.05, 3.63) is 11.9 Å². The van der Waals surface area contributed by atoms with Gasteiger partial charge in [0, 0.05) is 49.1 Å². The second-order valence-electron chi connectivity index (χ2n) is 3.72. The van der Waals surface area contributed by atoms with Crippen molar-refractivity contribution >= 4 is 22.4 Å². The summed E-state index contributed by atoms with van der Waals surface area (Å²) in [5.74, 6) is 2.70. The monoisotopic (exact) mass is 272 g/mol. The van der Waals surface area contributed by atoms with E-state index in [1.54, 1.807) is 13.4 Å². The van der Waals surface area contributed by atoms with E-state index in [0.29, 0.717) is 24.7 Å². The zero-order valence-electron chi connectivity index (χ0n) is 11.0. The van der Waals surface area contributed by atoms with Gasteiger partial charge in [0.25, 0.3) is 0 Å². The second kappa shape index (κ2) is 7.99. The van der Waals surface area contributed by atoms with Gasteiger partial charge in [0.05, 0.1) is 0 Å². The first-order chi connectivity index (χ1) is 8.65. The Hall–Kier alpha value is -1.21. The van der Waals surface area contributed by atoms with Crippen LogP contribution in [-0.2, 0) is 22.1 Å². The lowest BCUT2D eigenvalue weighted by molar-refractivity contribution is 0.178. The van der Waals surface area contributed by atoms with Crippen LogP contribution in [-0.4, -0.2) is 46.4 Å². The Morgan fingerprint density at radius 2 is 2.00 bits per heavy atom. The molecule has 6 nitrogen and oxygen atoms in total. The average molecular weight is 272 g/mol. The van der Waals surface area contributed by atoms with Crippen LogP contribution in [0.2, 0.25) is 0 Å². The predicted octanol–water partition coefficient (Wildman–Crippen LogP) is 0.845. The quantitative estimate of drug-likeness (QED) is 0.730. The van der Waals surface area contributed by atoms with Crippen molar-refractivity contribution in [3.63, 3.8) is 0 Å². The van der Waals surface area contributed by atoms with Crippen LogP contribution >= 0.6 is 0 Å². The summed E-state index contributed by atoms with van der Waals surface area (Å²) in [5.41, 5.74) is 0. The van der Waals surface area contributed by atoms with Gasteiger partial charge in [-0.25, -0.2) is 9.97 Å². The van der Waals surface area contributed by atoms with E-state index in [4.69, 9.17) is 4.74 Å². The summed E-state index contributed by atoms with van der Waals surface area (Å²) in [6.07, 6.45) is 1.68. The van der Waals surface area contributed by atoms with Gasteiger partial charge < -0.3 is 15.4 Å². The number of methoxy groups -OCH3 is 1. The third kappa shape index (κ3) is 5.42. The zero-order valence-corrected chi connectivity index (χ0v) is 11.8. The molecule has 0 amide bonds. The van der Waals surface area contributed by atoms with Crippen molar-refractivity contribution < 1.29 is 8.95 Å². The summed E-state index contributed by atoms with van der Waals surface area (Å²) in [4.78, 5) is 8.62. The lowest BCUT2D eigenvalue weighted by Gasteiger charge is -2.09. The highest BCUT2D eigenvalue weighted by molar-refractivity contribution is 7.84. The largest absolute Gasteiger partial charge is 0.377 e. The minimum Gasteiger partial charge on any atom is -0.377 e. The molecule has 2 N–H and O–H groups in total. The fraction of sp³-hybridized carbons (Fsp3) is 0.636. The van der Waals surface area contributed by atoms with E-state index >= 15 is 0 Å². The van der Waals surface area contributed by atoms with Gasteiger partial charge in [-0.3, -0.25) is 4.21 Å². The van der Waals surface area contributed by atoms with Crippen LogP contribution in [0, 0.1) is 0 Å². The van der Waals surface area contributed by atoms with Crippen molar-refractivity contribution in [1.82, 2.24) is 9.97 Å². The molecule has 1 rings (SSSR count). The molecule has 1 aromatic heterocycles. The van der Waals surface area contributed by atoms with Crippen LogP contribution in [0.15, 0.2) is 6.07 Å². The summed E-state index contributed by atoms with van der Waals surface area (Å²) in [6.45, 7) is 3.79. The molecule has 0 saturated carbocycles. The summed E-state index contributed by atoms with van der Waals surface area (Å²) in [6, 6.07) is 1.83. The molecule has 0 aliphatic heterocycles. The molecule has 1 aromatic rings. The number of aromatic nitrogens is 2. The van der Waals surface area contributed by atoms with Gasteiger partial charge in [-0.05, 0) is 6.92 Å². The molecule has 1 unspecified atom stereocenters. The van der Waals surface area contributed by atoms with Crippen molar-refractivity contribution in [2.45, 2.75) is 13.5 Å². The number of hydrogen-bond acceptors (Lipinski definition) is 6. The number of anilines is 2. The Bertz CT molecular complexity index is 376. The van der Waals surface area contributed by atoms with E-state index in [-0.39, 0.29) is 0 Å². The molecular weight excluding hydrogens is 252 g/mol. The molecule has 1 heterocycles. The lowest BCUT2D eigenvalue weighted by Crippen LogP contribution is -2.13. The average Bonchev–Trinajstić information content (AvgIpc) is 2.29. The molecule has 1 atom stereocenters. The fourth-order valence-corrected chi connectivity index (χ4v) is 1.77. The maximum absolute atomic E-state index is 11.0. The Balaban J connectivity index is 2.71. The summed E-state index contributed by atoms with van der Waals surface area (Å²) in [5, 5.41) is 6.27. The molecule has 0 aliphatic rings. The molecular formula is C11H20N4O2S. The molecule has 0 fully saturated rings. The highest BCUT2D eigenvalue weighted by atomic mass is 32.2. The van der Waals surface area contributed by atoms with Crippen molar-refractivity contribution in [2.24, 2.45) is 0 Å². The van der Waals surface area contributed by atoms with Gasteiger partial charge in [-0.15, -0.1) is 0 Å². The first-order valence-electron chi connectivity index (χ1n) is 5.80. The van der Waals surface area contributed by atoms with Crippen molar-refractivity contribution in [1.29, 1.82) is 0 Å². The van der Waals surface area contributed by atoms with E-state index in [2.05, 4.69) is 20.6 Å². The summed E-state index contributed by atoms with van der Waals surface area (Å²) >= 11 is 0. The number of hydrogen-bond donors (Lipinski definition) is 2. The Morgan fingerprint density at radius 3 is 2.56 bits per heavy atom. The van der Waals surface area contributed by atoms with E-state index in [1.165, 1.54) is 0 Å². The Morgan fingerprint density at radius 1 is 1.33 bits per heavy atom. The van der Waals surface area contributed by atoms with E-state index in [1.807, 2.05) is 13.0 Å². The molecule has 0 spiro atoms. The highest BCUT2D eigenvalue weighted by Gasteiger charge is 2.04. The number of nitrogens with zero attached hydrogens (tertiary/aromatic N) is 2. The molecule has 102 valence electrons. The van der Waals surface area contributed by atoms with Gasteiger partial charge in [0.1, 0.15) is 18.2 Å². The predicted molar refractivity (Wildman–Crippen MR) is 74.3 cm³/mol. The van der Waals surface area contributed by atoms with Crippen molar-refractivity contribution in [3.8, 4) is 0 Å². The zero-order chi connectivity index (χ0) is 13.4. The van der Waals surface area contributed by atoms with Gasteiger partial charge in [0.2, 0.25) is 0 Å². The van der Waals surface area contributed by atoms with Gasteiger partial charge >= 0.3 is 0 Å². The van der Waals surface area contributed by atoms with Crippen LogP contribution in [0.4, 0.5) is 11.6 Å². The third-order valence-electron chi connectivity index (χ3n) is 2.10. The number of rotatable bonds is 8. The summed E-state index contributed by atoms with van der Waals surface area (Å²) < 4.78 is 16.0. The van der Waals surface area contributed by atoms with E-state index in [9.17, 15) is 4.21 Å². The SMILES string of the molecule is CCNc1cc(NCCS(C)=O)nc(COC)n1. The second-order valence-corrected chi connectivity index (χ2v) is 5.28. The Kier molecular flexibility index (Phi) is 6.59. The topological polar surface area (TPSA) is 76.1 Å². The maximum atomic E-state index is 11.0. The molecule has 7 heteroatoms. The van der Waals surface area contributed by atoms with E-state index in [0.717, 1.165) is 18.2 Å². The standard InChI is InChI=1S/C11H20N4O2S/c1-4-12-9-7-10(13-5-6-18(3)16)15-11(14-9)8-17-2/h7H,4-6,8H2,1-3H3,(H2,12,13,14,15). The minimum absolute atomic E-state index is 0.369. The van der Waals surface area contributed by atoms with Crippen LogP contribution in [0.1, 0.15) is 12.7 Å². The van der Waals surface area contributed by atoms with Crippen molar-refractivity contribution in [2.75, 3.05) is 42.8 Å². The highest BCUT2D eigenvalue weighted by Crippen LogP contribution is 2.11. The van der Waals surface area contributed by atoms with Gasteiger partial charge in [0.15, 0.2) is 5.82 Å². The third-order valence-corrected chi connectivity index (χ3v) is 2.88. The molecule has 0 bridgehead atoms. The van der Waals surface area contributed by atoms with E-state index < -0.39 is 10.8 Å². The molecule has 0 aliphatic carbocycles. The van der Waals surface area contributed by atoms with Crippen LogP contribution in [0.5, 0.6) is 0 Å². The molecule has 0 saturated heterocycles. The molecule has 0 radical (unpaired) electrons.